The molecule has 0 radical (unpaired) electrons. The molecule has 0 fully saturated rings. The highest BCUT2D eigenvalue weighted by atomic mass is 32.1. The minimum Gasteiger partial charge on any atom is -0.394 e. The zero-order valence-corrected chi connectivity index (χ0v) is 17.1. The molecule has 9 heteroatoms. The summed E-state index contributed by atoms with van der Waals surface area (Å²) in [5.74, 6) is 1.25. The van der Waals surface area contributed by atoms with Crippen LogP contribution in [-0.2, 0) is 19.5 Å². The topological polar surface area (TPSA) is 91.5 Å². The third-order valence-corrected chi connectivity index (χ3v) is 6.71. The lowest BCUT2D eigenvalue weighted by molar-refractivity contribution is 0.249. The number of hydrogen-bond donors (Lipinski definition) is 2. The van der Waals surface area contributed by atoms with Gasteiger partial charge in [-0.3, -0.25) is 4.90 Å². The van der Waals surface area contributed by atoms with Crippen molar-refractivity contribution >= 4 is 33.1 Å². The maximum atomic E-state index is 9.66. The fraction of sp³-hybridized carbons (Fsp3) is 0.400. The quantitative estimate of drug-likeness (QED) is 0.505. The second kappa shape index (κ2) is 7.66. The first-order valence-electron chi connectivity index (χ1n) is 9.92. The third-order valence-electron chi connectivity index (χ3n) is 5.51. The Morgan fingerprint density at radius 3 is 2.93 bits per heavy atom. The second-order valence-electron chi connectivity index (χ2n) is 7.41. The Morgan fingerprint density at radius 2 is 2.14 bits per heavy atom. The van der Waals surface area contributed by atoms with Crippen LogP contribution in [0.15, 0.2) is 30.3 Å². The van der Waals surface area contributed by atoms with Gasteiger partial charge in [-0.25, -0.2) is 0 Å². The molecule has 2 N–H and O–H groups in total. The van der Waals surface area contributed by atoms with Gasteiger partial charge in [-0.05, 0) is 34.4 Å². The van der Waals surface area contributed by atoms with E-state index in [1.807, 2.05) is 6.92 Å². The van der Waals surface area contributed by atoms with Crippen LogP contribution in [0.4, 0.5) is 5.82 Å². The number of aliphatic hydroxyl groups excluding tert-OH is 1. The summed E-state index contributed by atoms with van der Waals surface area (Å²) >= 11 is 1.74. The van der Waals surface area contributed by atoms with Crippen LogP contribution in [0.1, 0.15) is 29.3 Å². The standard InChI is InChI=1S/C20H23N7OS/c1-2-14(12-28)21-18-17-15-8-9-26(10-13-6-4-3-5-7-13)11-16(15)29-19(17)27-20(22-18)23-24-25-27/h3-7,14,28H,2,8-12H2,1H3,(H,21,22,23,25). The first-order valence-corrected chi connectivity index (χ1v) is 10.7. The minimum atomic E-state index is -0.0437. The van der Waals surface area contributed by atoms with E-state index in [1.165, 1.54) is 16.0 Å². The Bertz CT molecular complexity index is 1140. The van der Waals surface area contributed by atoms with Gasteiger partial charge in [0.15, 0.2) is 0 Å². The molecule has 0 aliphatic carbocycles. The zero-order valence-electron chi connectivity index (χ0n) is 16.2. The number of anilines is 1. The molecular weight excluding hydrogens is 386 g/mol. The summed E-state index contributed by atoms with van der Waals surface area (Å²) in [5.41, 5.74) is 2.66. The van der Waals surface area contributed by atoms with E-state index in [0.717, 1.165) is 48.5 Å². The van der Waals surface area contributed by atoms with Crippen molar-refractivity contribution in [3.05, 3.63) is 46.3 Å². The lowest BCUT2D eigenvalue weighted by Crippen LogP contribution is -2.29. The van der Waals surface area contributed by atoms with Crippen LogP contribution in [0.2, 0.25) is 0 Å². The smallest absolute Gasteiger partial charge is 0.276 e. The van der Waals surface area contributed by atoms with Gasteiger partial charge >= 0.3 is 0 Å². The van der Waals surface area contributed by atoms with E-state index in [9.17, 15) is 5.11 Å². The molecule has 1 atom stereocenters. The molecule has 1 unspecified atom stereocenters. The number of thiophene rings is 1. The molecule has 29 heavy (non-hydrogen) atoms. The summed E-state index contributed by atoms with van der Waals surface area (Å²) in [6.45, 7) is 4.96. The number of nitrogens with one attached hydrogen (secondary N) is 1. The molecule has 0 amide bonds. The summed E-state index contributed by atoms with van der Waals surface area (Å²) in [7, 11) is 0. The predicted molar refractivity (Wildman–Crippen MR) is 113 cm³/mol. The molecule has 150 valence electrons. The lowest BCUT2D eigenvalue weighted by atomic mass is 10.0. The molecule has 1 aliphatic rings. The normalized spacial score (nSPS) is 15.7. The van der Waals surface area contributed by atoms with E-state index in [-0.39, 0.29) is 12.6 Å². The summed E-state index contributed by atoms with van der Waals surface area (Å²) in [4.78, 5) is 9.50. The van der Waals surface area contributed by atoms with Crippen molar-refractivity contribution in [3.8, 4) is 0 Å². The van der Waals surface area contributed by atoms with Crippen molar-refractivity contribution in [2.75, 3.05) is 18.5 Å². The van der Waals surface area contributed by atoms with E-state index in [4.69, 9.17) is 0 Å². The number of rotatable bonds is 6. The summed E-state index contributed by atoms with van der Waals surface area (Å²) in [5, 5.41) is 26.2. The van der Waals surface area contributed by atoms with Gasteiger partial charge in [0.25, 0.3) is 5.78 Å². The summed E-state index contributed by atoms with van der Waals surface area (Å²) < 4.78 is 1.73. The number of aliphatic hydroxyl groups is 1. The van der Waals surface area contributed by atoms with Crippen LogP contribution in [0.5, 0.6) is 0 Å². The van der Waals surface area contributed by atoms with Gasteiger partial charge in [0.1, 0.15) is 10.6 Å². The number of tetrazole rings is 1. The Kier molecular flexibility index (Phi) is 4.86. The number of fused-ring (bicyclic) bond motifs is 5. The van der Waals surface area contributed by atoms with Crippen molar-refractivity contribution in [1.82, 2.24) is 29.9 Å². The van der Waals surface area contributed by atoms with E-state index >= 15 is 0 Å². The number of aromatic nitrogens is 5. The highest BCUT2D eigenvalue weighted by Crippen LogP contribution is 2.39. The average molecular weight is 410 g/mol. The van der Waals surface area contributed by atoms with Crippen LogP contribution < -0.4 is 5.32 Å². The Labute approximate surface area is 172 Å². The molecule has 0 bridgehead atoms. The highest BCUT2D eigenvalue weighted by molar-refractivity contribution is 7.19. The number of nitrogens with zero attached hydrogens (tertiary/aromatic N) is 6. The van der Waals surface area contributed by atoms with Crippen LogP contribution in [0.25, 0.3) is 16.0 Å². The van der Waals surface area contributed by atoms with Crippen LogP contribution in [0.3, 0.4) is 0 Å². The largest absolute Gasteiger partial charge is 0.394 e. The Balaban J connectivity index is 1.55. The van der Waals surface area contributed by atoms with Gasteiger partial charge in [0.2, 0.25) is 0 Å². The molecule has 3 aromatic heterocycles. The van der Waals surface area contributed by atoms with Gasteiger partial charge in [0, 0.05) is 24.5 Å². The monoisotopic (exact) mass is 409 g/mol. The molecule has 4 aromatic rings. The minimum absolute atomic E-state index is 0.0437. The number of hydrogen-bond acceptors (Lipinski definition) is 8. The molecular formula is C20H23N7OS. The summed E-state index contributed by atoms with van der Waals surface area (Å²) in [6.07, 6.45) is 1.77. The SMILES string of the molecule is CCC(CO)Nc1nc2nnnn2c2sc3c(c12)CCN(Cc1ccccc1)C3. The van der Waals surface area contributed by atoms with Crippen LogP contribution in [-0.4, -0.2) is 54.2 Å². The Hall–Kier alpha value is -2.62. The van der Waals surface area contributed by atoms with Crippen LogP contribution in [0, 0.1) is 0 Å². The predicted octanol–water partition coefficient (Wildman–Crippen LogP) is 2.48. The van der Waals surface area contributed by atoms with Crippen molar-refractivity contribution in [3.63, 3.8) is 0 Å². The van der Waals surface area contributed by atoms with Gasteiger partial charge in [-0.1, -0.05) is 42.4 Å². The van der Waals surface area contributed by atoms with Crippen molar-refractivity contribution in [2.24, 2.45) is 0 Å². The van der Waals surface area contributed by atoms with Crippen LogP contribution >= 0.6 is 11.3 Å². The first-order chi connectivity index (χ1) is 14.3. The first kappa shape index (κ1) is 18.4. The van der Waals surface area contributed by atoms with Crippen molar-refractivity contribution < 1.29 is 5.11 Å². The van der Waals surface area contributed by atoms with E-state index in [1.54, 1.807) is 15.9 Å². The van der Waals surface area contributed by atoms with Crippen molar-refractivity contribution in [2.45, 2.75) is 38.9 Å². The van der Waals surface area contributed by atoms with Gasteiger partial charge in [-0.2, -0.15) is 9.50 Å². The fourth-order valence-electron chi connectivity index (χ4n) is 3.93. The van der Waals surface area contributed by atoms with E-state index < -0.39 is 0 Å². The van der Waals surface area contributed by atoms with E-state index in [2.05, 4.69) is 61.1 Å². The molecule has 1 aliphatic heterocycles. The van der Waals surface area contributed by atoms with Gasteiger partial charge in [0.05, 0.1) is 18.0 Å². The molecule has 1 aromatic carbocycles. The Morgan fingerprint density at radius 1 is 1.28 bits per heavy atom. The molecule has 0 saturated heterocycles. The number of benzene rings is 1. The summed E-state index contributed by atoms with van der Waals surface area (Å²) in [6, 6.07) is 10.5. The van der Waals surface area contributed by atoms with Gasteiger partial charge in [-0.15, -0.1) is 11.3 Å². The fourth-order valence-corrected chi connectivity index (χ4v) is 5.26. The molecule has 8 nitrogen and oxygen atoms in total. The zero-order chi connectivity index (χ0) is 19.8. The molecule has 0 spiro atoms. The third kappa shape index (κ3) is 3.35. The molecule has 0 saturated carbocycles. The average Bonchev–Trinajstić information content (AvgIpc) is 3.36. The maximum Gasteiger partial charge on any atom is 0.276 e. The second-order valence-corrected chi connectivity index (χ2v) is 8.50. The molecule has 5 rings (SSSR count). The molecule has 4 heterocycles. The lowest BCUT2D eigenvalue weighted by Gasteiger charge is -2.27. The van der Waals surface area contributed by atoms with Gasteiger partial charge < -0.3 is 10.4 Å². The maximum absolute atomic E-state index is 9.66. The van der Waals surface area contributed by atoms with E-state index in [0.29, 0.717) is 5.78 Å². The van der Waals surface area contributed by atoms with Crippen molar-refractivity contribution in [1.29, 1.82) is 0 Å². The highest BCUT2D eigenvalue weighted by Gasteiger charge is 2.26.